The number of nitrogens with one attached hydrogen (secondary N) is 1. The maximum atomic E-state index is 10.5. The molecule has 0 bridgehead atoms. The molecule has 0 aliphatic carbocycles. The van der Waals surface area contributed by atoms with E-state index in [1.807, 2.05) is 0 Å². The first-order valence-electron chi connectivity index (χ1n) is 3.33. The lowest BCUT2D eigenvalue weighted by atomic mass is 10.3. The fraction of sp³-hybridized carbons (Fsp3) is 0. The van der Waals surface area contributed by atoms with Gasteiger partial charge in [-0.05, 0) is 11.0 Å². The fourth-order valence-electron chi connectivity index (χ4n) is 1.03. The van der Waals surface area contributed by atoms with Gasteiger partial charge in [-0.15, -0.1) is 5.10 Å². The molecule has 0 unspecified atom stereocenters. The Morgan fingerprint density at radius 3 is 3.08 bits per heavy atom. The van der Waals surface area contributed by atoms with Gasteiger partial charge in [0.15, 0.2) is 10.7 Å². The van der Waals surface area contributed by atoms with Crippen LogP contribution in [0.4, 0.5) is 5.82 Å². The summed E-state index contributed by atoms with van der Waals surface area (Å²) in [4.78, 5) is 13.6. The van der Waals surface area contributed by atoms with Crippen LogP contribution in [-0.4, -0.2) is 20.1 Å². The molecule has 0 spiro atoms. The number of aromatic amines is 1. The molecule has 2 rings (SSSR count). The molecule has 6 nitrogen and oxygen atoms in total. The summed E-state index contributed by atoms with van der Waals surface area (Å²) >= 11 is 5.66. The Morgan fingerprint density at radius 1 is 1.62 bits per heavy atom. The SMILES string of the molecule is O=[N+]([O-])c1[nH]nc2c(Cl)nccc12. The molecular weight excluding hydrogens is 196 g/mol. The number of nitro groups is 1. The molecule has 0 atom stereocenters. The van der Waals surface area contributed by atoms with Gasteiger partial charge in [0.2, 0.25) is 0 Å². The zero-order valence-corrected chi connectivity index (χ0v) is 6.95. The van der Waals surface area contributed by atoms with Crippen LogP contribution in [0.1, 0.15) is 0 Å². The van der Waals surface area contributed by atoms with Crippen molar-refractivity contribution in [2.45, 2.75) is 0 Å². The summed E-state index contributed by atoms with van der Waals surface area (Å²) < 4.78 is 0. The Labute approximate surface area is 76.7 Å². The van der Waals surface area contributed by atoms with Crippen LogP contribution in [0, 0.1) is 10.1 Å². The van der Waals surface area contributed by atoms with Gasteiger partial charge in [0.1, 0.15) is 5.39 Å². The molecule has 0 aliphatic rings. The number of rotatable bonds is 1. The molecule has 0 aliphatic heterocycles. The number of fused-ring (bicyclic) bond motifs is 1. The molecular formula is C6H3ClN4O2. The van der Waals surface area contributed by atoms with Crippen molar-refractivity contribution in [3.63, 3.8) is 0 Å². The molecule has 0 saturated carbocycles. The number of hydrogen-bond donors (Lipinski definition) is 1. The predicted octanol–water partition coefficient (Wildman–Crippen LogP) is 1.52. The van der Waals surface area contributed by atoms with E-state index in [0.717, 1.165) is 0 Å². The molecule has 2 aromatic rings. The van der Waals surface area contributed by atoms with Crippen molar-refractivity contribution in [1.82, 2.24) is 15.2 Å². The third-order valence-corrected chi connectivity index (χ3v) is 1.87. The van der Waals surface area contributed by atoms with Gasteiger partial charge in [0.05, 0.1) is 0 Å². The van der Waals surface area contributed by atoms with E-state index >= 15 is 0 Å². The zero-order valence-electron chi connectivity index (χ0n) is 6.19. The highest BCUT2D eigenvalue weighted by molar-refractivity contribution is 6.33. The standard InChI is InChI=1S/C6H3ClN4O2/c7-5-4-3(1-2-8-5)6(10-9-4)11(12)13/h1-2H,(H,9,10). The van der Waals surface area contributed by atoms with Crippen molar-refractivity contribution < 1.29 is 4.92 Å². The molecule has 2 heterocycles. The van der Waals surface area contributed by atoms with Crippen molar-refractivity contribution in [2.75, 3.05) is 0 Å². The highest BCUT2D eigenvalue weighted by Crippen LogP contribution is 2.25. The zero-order chi connectivity index (χ0) is 9.42. The highest BCUT2D eigenvalue weighted by atomic mass is 35.5. The van der Waals surface area contributed by atoms with Crippen LogP contribution in [0.15, 0.2) is 12.3 Å². The molecule has 0 fully saturated rings. The fourth-order valence-corrected chi connectivity index (χ4v) is 1.23. The van der Waals surface area contributed by atoms with Crippen molar-refractivity contribution in [3.05, 3.63) is 27.5 Å². The van der Waals surface area contributed by atoms with Crippen LogP contribution in [0.5, 0.6) is 0 Å². The third-order valence-electron chi connectivity index (χ3n) is 1.59. The number of aromatic nitrogens is 3. The van der Waals surface area contributed by atoms with E-state index in [0.29, 0.717) is 10.9 Å². The van der Waals surface area contributed by atoms with E-state index in [1.54, 1.807) is 0 Å². The van der Waals surface area contributed by atoms with Crippen molar-refractivity contribution >= 4 is 28.3 Å². The average Bonchev–Trinajstić information content (AvgIpc) is 2.48. The predicted molar refractivity (Wildman–Crippen MR) is 45.6 cm³/mol. The van der Waals surface area contributed by atoms with Gasteiger partial charge in [0.25, 0.3) is 0 Å². The Balaban J connectivity index is 2.83. The summed E-state index contributed by atoms with van der Waals surface area (Å²) in [6.07, 6.45) is 1.40. The Kier molecular flexibility index (Phi) is 1.63. The van der Waals surface area contributed by atoms with E-state index in [4.69, 9.17) is 11.6 Å². The molecule has 1 N–H and O–H groups in total. The molecule has 0 saturated heterocycles. The minimum atomic E-state index is -0.550. The van der Waals surface area contributed by atoms with Gasteiger partial charge in [-0.25, -0.2) is 4.98 Å². The first-order valence-corrected chi connectivity index (χ1v) is 3.71. The molecule has 0 radical (unpaired) electrons. The quantitative estimate of drug-likeness (QED) is 0.428. The Morgan fingerprint density at radius 2 is 2.38 bits per heavy atom. The first-order chi connectivity index (χ1) is 6.20. The Hall–Kier alpha value is -1.69. The van der Waals surface area contributed by atoms with Gasteiger partial charge in [-0.3, -0.25) is 0 Å². The monoisotopic (exact) mass is 198 g/mol. The van der Waals surface area contributed by atoms with Crippen LogP contribution in [0.3, 0.4) is 0 Å². The number of H-pyrrole nitrogens is 1. The van der Waals surface area contributed by atoms with Gasteiger partial charge in [-0.2, -0.15) is 0 Å². The second-order valence-electron chi connectivity index (χ2n) is 2.33. The third kappa shape index (κ3) is 1.11. The largest absolute Gasteiger partial charge is 0.358 e. The van der Waals surface area contributed by atoms with Crippen molar-refractivity contribution in [2.24, 2.45) is 0 Å². The maximum absolute atomic E-state index is 10.5. The van der Waals surface area contributed by atoms with E-state index < -0.39 is 4.92 Å². The van der Waals surface area contributed by atoms with Crippen LogP contribution >= 0.6 is 11.6 Å². The maximum Gasteiger partial charge on any atom is 0.350 e. The summed E-state index contributed by atoms with van der Waals surface area (Å²) in [6.45, 7) is 0. The molecule has 66 valence electrons. The van der Waals surface area contributed by atoms with Crippen LogP contribution in [-0.2, 0) is 0 Å². The van der Waals surface area contributed by atoms with Crippen molar-refractivity contribution in [1.29, 1.82) is 0 Å². The molecule has 2 aromatic heterocycles. The Bertz CT molecular complexity index is 480. The van der Waals surface area contributed by atoms with E-state index in [9.17, 15) is 10.1 Å². The molecule has 0 amide bonds. The van der Waals surface area contributed by atoms with Gasteiger partial charge in [0, 0.05) is 6.20 Å². The highest BCUT2D eigenvalue weighted by Gasteiger charge is 2.16. The number of hydrogen-bond acceptors (Lipinski definition) is 4. The lowest BCUT2D eigenvalue weighted by Crippen LogP contribution is -1.87. The normalized spacial score (nSPS) is 10.5. The molecule has 13 heavy (non-hydrogen) atoms. The first kappa shape index (κ1) is 7.93. The van der Waals surface area contributed by atoms with Gasteiger partial charge < -0.3 is 10.1 Å². The average molecular weight is 199 g/mol. The molecule has 0 aromatic carbocycles. The second kappa shape index (κ2) is 2.67. The van der Waals surface area contributed by atoms with E-state index in [-0.39, 0.29) is 11.0 Å². The van der Waals surface area contributed by atoms with Crippen LogP contribution in [0.2, 0.25) is 5.15 Å². The summed E-state index contributed by atoms with van der Waals surface area (Å²) in [5.74, 6) is -0.167. The summed E-state index contributed by atoms with van der Waals surface area (Å²) in [5, 5.41) is 16.9. The van der Waals surface area contributed by atoms with E-state index in [2.05, 4.69) is 15.2 Å². The van der Waals surface area contributed by atoms with Gasteiger partial charge >= 0.3 is 5.82 Å². The minimum absolute atomic E-state index is 0.154. The summed E-state index contributed by atoms with van der Waals surface area (Å²) in [5.41, 5.74) is 0.316. The number of halogens is 1. The lowest BCUT2D eigenvalue weighted by molar-refractivity contribution is -0.387. The number of nitrogens with zero attached hydrogens (tertiary/aromatic N) is 3. The minimum Gasteiger partial charge on any atom is -0.358 e. The summed E-state index contributed by atoms with van der Waals surface area (Å²) in [7, 11) is 0. The second-order valence-corrected chi connectivity index (χ2v) is 2.69. The molecule has 7 heteroatoms. The number of pyridine rings is 1. The summed E-state index contributed by atoms with van der Waals surface area (Å²) in [6, 6.07) is 1.49. The van der Waals surface area contributed by atoms with E-state index in [1.165, 1.54) is 12.3 Å². The lowest BCUT2D eigenvalue weighted by Gasteiger charge is -1.90. The van der Waals surface area contributed by atoms with Crippen LogP contribution in [0.25, 0.3) is 10.9 Å². The topological polar surface area (TPSA) is 84.7 Å². The van der Waals surface area contributed by atoms with Gasteiger partial charge in [-0.1, -0.05) is 16.7 Å². The smallest absolute Gasteiger partial charge is 0.350 e. The van der Waals surface area contributed by atoms with Crippen molar-refractivity contribution in [3.8, 4) is 0 Å². The van der Waals surface area contributed by atoms with Crippen LogP contribution < -0.4 is 0 Å².